The molecule has 0 aliphatic carbocycles. The summed E-state index contributed by atoms with van der Waals surface area (Å²) >= 11 is 0. The van der Waals surface area contributed by atoms with Crippen LogP contribution in [0.25, 0.3) is 11.2 Å². The van der Waals surface area contributed by atoms with Crippen molar-refractivity contribution in [2.75, 3.05) is 11.9 Å². The van der Waals surface area contributed by atoms with Gasteiger partial charge in [0.1, 0.15) is 12.4 Å². The van der Waals surface area contributed by atoms with E-state index in [0.717, 1.165) is 18.1 Å². The summed E-state index contributed by atoms with van der Waals surface area (Å²) in [7, 11) is -4.25. The number of alkyl halides is 1. The maximum absolute atomic E-state index is 15.9. The fourth-order valence-corrected chi connectivity index (χ4v) is 5.58. The summed E-state index contributed by atoms with van der Waals surface area (Å²) in [6.45, 7) is 1.76. The Bertz CT molecular complexity index is 1560. The molecule has 1 fully saturated rings. The molecule has 1 aliphatic rings. The van der Waals surface area contributed by atoms with Crippen molar-refractivity contribution in [2.45, 2.75) is 51.7 Å². The SMILES string of the molecule is CC(=O)Nc1ncnc2c1ncn2[C@@H]1O[C@H](COP(=O)(OCc2ccccc2)OCc2ccccc2)[C@@H](OC(C)=O)[C@H]1F. The number of carbonyl (C=O) groups excluding carboxylic acids is 2. The fraction of sp³-hybridized carbons (Fsp3) is 0.321. The smallest absolute Gasteiger partial charge is 0.456 e. The average molecular weight is 614 g/mol. The third-order valence-corrected chi connectivity index (χ3v) is 7.71. The van der Waals surface area contributed by atoms with Crippen LogP contribution in [0.1, 0.15) is 31.2 Å². The molecule has 1 N–H and O–H groups in total. The second-order valence-electron chi connectivity index (χ2n) is 9.57. The molecule has 0 saturated carbocycles. The van der Waals surface area contributed by atoms with Gasteiger partial charge in [-0.1, -0.05) is 60.7 Å². The van der Waals surface area contributed by atoms with Crippen molar-refractivity contribution in [3.8, 4) is 0 Å². The summed E-state index contributed by atoms with van der Waals surface area (Å²) in [5.41, 5.74) is 1.81. The topological polar surface area (TPSA) is 153 Å². The fourth-order valence-electron chi connectivity index (χ4n) is 4.41. The Hall–Kier alpha value is -4.07. The minimum absolute atomic E-state index is 0.0858. The number of hydrogen-bond donors (Lipinski definition) is 1. The molecule has 2 aromatic carbocycles. The highest BCUT2D eigenvalue weighted by Crippen LogP contribution is 2.52. The van der Waals surface area contributed by atoms with Gasteiger partial charge in [0.05, 0.1) is 26.1 Å². The van der Waals surface area contributed by atoms with Crippen molar-refractivity contribution in [3.05, 3.63) is 84.4 Å². The van der Waals surface area contributed by atoms with E-state index >= 15 is 4.39 Å². The van der Waals surface area contributed by atoms with Gasteiger partial charge in [-0.3, -0.25) is 27.7 Å². The van der Waals surface area contributed by atoms with Crippen LogP contribution in [0.5, 0.6) is 0 Å². The van der Waals surface area contributed by atoms with E-state index in [2.05, 4.69) is 20.3 Å². The summed E-state index contributed by atoms with van der Waals surface area (Å²) in [6, 6.07) is 18.0. The number of anilines is 1. The third-order valence-electron chi connectivity index (χ3n) is 6.36. The Balaban J connectivity index is 1.36. The van der Waals surface area contributed by atoms with Crippen LogP contribution in [0.4, 0.5) is 10.2 Å². The lowest BCUT2D eigenvalue weighted by atomic mass is 10.1. The van der Waals surface area contributed by atoms with Crippen molar-refractivity contribution in [2.24, 2.45) is 0 Å². The number of carbonyl (C=O) groups is 2. The predicted octanol–water partition coefficient (Wildman–Crippen LogP) is 4.51. The summed E-state index contributed by atoms with van der Waals surface area (Å²) in [5, 5.41) is 2.54. The quantitative estimate of drug-likeness (QED) is 0.177. The molecule has 0 radical (unpaired) electrons. The van der Waals surface area contributed by atoms with Gasteiger partial charge >= 0.3 is 13.8 Å². The van der Waals surface area contributed by atoms with Crippen molar-refractivity contribution < 1.29 is 41.6 Å². The zero-order valence-electron chi connectivity index (χ0n) is 23.2. The molecule has 13 nitrogen and oxygen atoms in total. The lowest BCUT2D eigenvalue weighted by Gasteiger charge is -2.22. The summed E-state index contributed by atoms with van der Waals surface area (Å²) in [5.74, 6) is -1.000. The van der Waals surface area contributed by atoms with Crippen molar-refractivity contribution in [3.63, 3.8) is 0 Å². The monoisotopic (exact) mass is 613 g/mol. The van der Waals surface area contributed by atoms with Gasteiger partial charge in [-0.05, 0) is 11.1 Å². The number of nitrogens with zero attached hydrogens (tertiary/aromatic N) is 4. The van der Waals surface area contributed by atoms with Gasteiger partial charge < -0.3 is 14.8 Å². The Morgan fingerprint density at radius 3 is 2.16 bits per heavy atom. The van der Waals surface area contributed by atoms with E-state index in [1.807, 2.05) is 12.1 Å². The number of esters is 1. The highest BCUT2D eigenvalue weighted by Gasteiger charge is 2.50. The molecule has 5 rings (SSSR count). The van der Waals surface area contributed by atoms with Crippen LogP contribution in [0.15, 0.2) is 73.3 Å². The molecule has 1 amide bonds. The first kappa shape index (κ1) is 30.4. The molecule has 226 valence electrons. The number of ether oxygens (including phenoxy) is 2. The summed E-state index contributed by atoms with van der Waals surface area (Å²) < 4.78 is 59.0. The minimum atomic E-state index is -4.25. The maximum Gasteiger partial charge on any atom is 0.475 e. The molecular weight excluding hydrogens is 584 g/mol. The van der Waals surface area contributed by atoms with Crippen molar-refractivity contribution >= 4 is 36.7 Å². The van der Waals surface area contributed by atoms with E-state index in [9.17, 15) is 14.2 Å². The van der Waals surface area contributed by atoms with Gasteiger partial charge in [-0.25, -0.2) is 23.9 Å². The van der Waals surface area contributed by atoms with Crippen LogP contribution in [0.2, 0.25) is 0 Å². The molecule has 0 unspecified atom stereocenters. The molecule has 1 saturated heterocycles. The molecule has 2 aromatic heterocycles. The summed E-state index contributed by atoms with van der Waals surface area (Å²) in [4.78, 5) is 35.8. The van der Waals surface area contributed by atoms with E-state index in [0.29, 0.717) is 0 Å². The number of benzene rings is 2. The number of fused-ring (bicyclic) bond motifs is 1. The van der Waals surface area contributed by atoms with Crippen LogP contribution in [-0.4, -0.2) is 56.4 Å². The molecule has 43 heavy (non-hydrogen) atoms. The first-order chi connectivity index (χ1) is 20.7. The van der Waals surface area contributed by atoms with Crippen molar-refractivity contribution in [1.82, 2.24) is 19.5 Å². The molecule has 4 aromatic rings. The Morgan fingerprint density at radius 2 is 1.58 bits per heavy atom. The number of imidazole rings is 1. The van der Waals surface area contributed by atoms with Crippen LogP contribution in [-0.2, 0) is 50.4 Å². The number of hydrogen-bond acceptors (Lipinski definition) is 11. The zero-order chi connectivity index (χ0) is 30.4. The Kier molecular flexibility index (Phi) is 9.53. The largest absolute Gasteiger partial charge is 0.475 e. The van der Waals surface area contributed by atoms with Crippen LogP contribution in [0.3, 0.4) is 0 Å². The van der Waals surface area contributed by atoms with Crippen LogP contribution < -0.4 is 5.32 Å². The predicted molar refractivity (Wildman–Crippen MR) is 150 cm³/mol. The van der Waals surface area contributed by atoms with Crippen LogP contribution in [0, 0.1) is 0 Å². The molecule has 0 bridgehead atoms. The summed E-state index contributed by atoms with van der Waals surface area (Å²) in [6.07, 6.45) is -3.46. The molecule has 1 aliphatic heterocycles. The molecular formula is C28H29FN5O8P. The van der Waals surface area contributed by atoms with Gasteiger partial charge in [0.15, 0.2) is 35.5 Å². The molecule has 15 heteroatoms. The van der Waals surface area contributed by atoms with Gasteiger partial charge in [0, 0.05) is 13.8 Å². The van der Waals surface area contributed by atoms with E-state index in [1.54, 1.807) is 48.5 Å². The lowest BCUT2D eigenvalue weighted by Crippen LogP contribution is -2.35. The molecule has 0 spiro atoms. The van der Waals surface area contributed by atoms with E-state index < -0.39 is 45.0 Å². The number of halogens is 1. The Labute approximate surface area is 245 Å². The van der Waals surface area contributed by atoms with Gasteiger partial charge in [0.25, 0.3) is 0 Å². The van der Waals surface area contributed by atoms with E-state index in [4.69, 9.17) is 23.0 Å². The Morgan fingerprint density at radius 1 is 0.953 bits per heavy atom. The number of rotatable bonds is 12. The van der Waals surface area contributed by atoms with Gasteiger partial charge in [-0.15, -0.1) is 0 Å². The third kappa shape index (κ3) is 7.48. The second kappa shape index (κ2) is 13.5. The first-order valence-corrected chi connectivity index (χ1v) is 14.7. The minimum Gasteiger partial charge on any atom is -0.456 e. The lowest BCUT2D eigenvalue weighted by molar-refractivity contribution is -0.152. The highest BCUT2D eigenvalue weighted by atomic mass is 31.2. The van der Waals surface area contributed by atoms with Gasteiger partial charge in [-0.2, -0.15) is 0 Å². The zero-order valence-corrected chi connectivity index (χ0v) is 24.1. The maximum atomic E-state index is 15.9. The van der Waals surface area contributed by atoms with Crippen molar-refractivity contribution in [1.29, 1.82) is 0 Å². The molecule has 4 atom stereocenters. The highest BCUT2D eigenvalue weighted by molar-refractivity contribution is 7.48. The number of phosphoric acid groups is 1. The average Bonchev–Trinajstić information content (AvgIpc) is 3.56. The van der Waals surface area contributed by atoms with E-state index in [1.165, 1.54) is 24.1 Å². The van der Waals surface area contributed by atoms with Gasteiger partial charge in [0.2, 0.25) is 5.91 Å². The first-order valence-electron chi connectivity index (χ1n) is 13.3. The number of amides is 1. The number of nitrogens with one attached hydrogen (secondary N) is 1. The molecule has 3 heterocycles. The number of aromatic nitrogens is 4. The second-order valence-corrected chi connectivity index (χ2v) is 11.2. The van der Waals surface area contributed by atoms with Crippen LogP contribution >= 0.6 is 7.82 Å². The standard InChI is InChI=1S/C28H29FN5O8P/c1-18(35)33-26-24-27(31-16-30-26)34(17-32-24)28-23(29)25(41-19(2)36)22(42-28)15-40-43(37,38-13-20-9-5-3-6-10-20)39-14-21-11-7-4-8-12-21/h3-12,16-17,22-23,25,28H,13-15H2,1-2H3,(H,30,31,33,35)/t22-,23-,25-,28-/m1/s1. The normalized spacial score (nSPS) is 20.3. The van der Waals surface area contributed by atoms with E-state index in [-0.39, 0.29) is 36.1 Å². The number of phosphoric ester groups is 1.